The van der Waals surface area contributed by atoms with Gasteiger partial charge in [0.15, 0.2) is 11.7 Å². The van der Waals surface area contributed by atoms with Gasteiger partial charge in [0, 0.05) is 36.7 Å². The third-order valence-electron chi connectivity index (χ3n) is 4.29. The average molecular weight is 411 g/mol. The Kier molecular flexibility index (Phi) is 7.26. The molecule has 0 saturated heterocycles. The minimum Gasteiger partial charge on any atom is -0.464 e. The van der Waals surface area contributed by atoms with Crippen molar-refractivity contribution in [3.8, 4) is 11.3 Å². The van der Waals surface area contributed by atoms with Crippen molar-refractivity contribution in [1.82, 2.24) is 15.3 Å². The Morgan fingerprint density at radius 3 is 2.67 bits per heavy atom. The van der Waals surface area contributed by atoms with E-state index >= 15 is 0 Å². The fourth-order valence-electron chi connectivity index (χ4n) is 2.82. The number of rotatable bonds is 9. The van der Waals surface area contributed by atoms with Gasteiger partial charge in [0.25, 0.3) is 0 Å². The van der Waals surface area contributed by atoms with Crippen molar-refractivity contribution in [3.05, 3.63) is 72.3 Å². The van der Waals surface area contributed by atoms with Gasteiger partial charge < -0.3 is 14.5 Å². The summed E-state index contributed by atoms with van der Waals surface area (Å²) in [6, 6.07) is 10.4. The summed E-state index contributed by atoms with van der Waals surface area (Å²) in [5.74, 6) is -0.305. The number of carbonyl (C=O) groups excluding carboxylic acids is 2. The lowest BCUT2D eigenvalue weighted by molar-refractivity contribution is -0.147. The molecule has 0 aliphatic rings. The van der Waals surface area contributed by atoms with E-state index in [1.54, 1.807) is 37.4 Å². The van der Waals surface area contributed by atoms with E-state index in [0.29, 0.717) is 22.9 Å². The summed E-state index contributed by atoms with van der Waals surface area (Å²) >= 11 is 0. The summed E-state index contributed by atoms with van der Waals surface area (Å²) in [7, 11) is 0. The number of amides is 1. The van der Waals surface area contributed by atoms with E-state index in [9.17, 15) is 14.0 Å². The van der Waals surface area contributed by atoms with Gasteiger partial charge in [-0.2, -0.15) is 0 Å². The minimum absolute atomic E-state index is 0.0848. The van der Waals surface area contributed by atoms with Crippen molar-refractivity contribution in [2.75, 3.05) is 6.61 Å². The van der Waals surface area contributed by atoms with E-state index < -0.39 is 12.0 Å². The smallest absolute Gasteiger partial charge is 0.329 e. The summed E-state index contributed by atoms with van der Waals surface area (Å²) in [4.78, 5) is 33.0. The number of hydrogen-bond acceptors (Lipinski definition) is 6. The predicted octanol–water partition coefficient (Wildman–Crippen LogP) is 3.10. The van der Waals surface area contributed by atoms with E-state index in [2.05, 4.69) is 15.3 Å². The van der Waals surface area contributed by atoms with Crippen LogP contribution in [-0.2, 0) is 27.2 Å². The number of aryl methyl sites for hydroxylation is 1. The van der Waals surface area contributed by atoms with Crippen LogP contribution in [0.25, 0.3) is 11.3 Å². The molecule has 2 heterocycles. The van der Waals surface area contributed by atoms with Gasteiger partial charge in [-0.05, 0) is 43.3 Å². The SMILES string of the molecule is CCOC(=O)C(Cc1ccccn1)NC(=O)CCc1ncc(-c2ccc(F)cc2)o1. The van der Waals surface area contributed by atoms with Crippen LogP contribution in [0.15, 0.2) is 59.3 Å². The topological polar surface area (TPSA) is 94.3 Å². The quantitative estimate of drug-likeness (QED) is 0.544. The molecule has 0 saturated carbocycles. The maximum atomic E-state index is 13.0. The van der Waals surface area contributed by atoms with E-state index in [1.807, 2.05) is 6.07 Å². The van der Waals surface area contributed by atoms with Gasteiger partial charge in [-0.25, -0.2) is 14.2 Å². The minimum atomic E-state index is -0.827. The second-order valence-electron chi connectivity index (χ2n) is 6.52. The van der Waals surface area contributed by atoms with E-state index in [4.69, 9.17) is 9.15 Å². The van der Waals surface area contributed by atoms with Gasteiger partial charge in [0.05, 0.1) is 12.8 Å². The number of pyridine rings is 1. The number of nitrogens with zero attached hydrogens (tertiary/aromatic N) is 2. The molecule has 0 spiro atoms. The molecule has 3 rings (SSSR count). The van der Waals surface area contributed by atoms with Crippen molar-refractivity contribution in [1.29, 1.82) is 0 Å². The van der Waals surface area contributed by atoms with Gasteiger partial charge in [0.1, 0.15) is 11.9 Å². The zero-order valence-corrected chi connectivity index (χ0v) is 16.5. The second-order valence-corrected chi connectivity index (χ2v) is 6.52. The van der Waals surface area contributed by atoms with Crippen LogP contribution in [0.1, 0.15) is 24.9 Å². The fourth-order valence-corrected chi connectivity index (χ4v) is 2.82. The Balaban J connectivity index is 1.57. The van der Waals surface area contributed by atoms with E-state index in [0.717, 1.165) is 0 Å². The summed E-state index contributed by atoms with van der Waals surface area (Å²) in [5.41, 5.74) is 1.37. The molecule has 0 bridgehead atoms. The van der Waals surface area contributed by atoms with Crippen molar-refractivity contribution in [2.45, 2.75) is 32.2 Å². The fraction of sp³-hybridized carbons (Fsp3) is 0.273. The average Bonchev–Trinajstić information content (AvgIpc) is 3.22. The van der Waals surface area contributed by atoms with Crippen molar-refractivity contribution in [2.24, 2.45) is 0 Å². The summed E-state index contributed by atoms with van der Waals surface area (Å²) in [6.07, 6.45) is 3.73. The van der Waals surface area contributed by atoms with Gasteiger partial charge >= 0.3 is 5.97 Å². The molecule has 0 fully saturated rings. The maximum absolute atomic E-state index is 13.0. The molecule has 1 amide bonds. The first-order chi connectivity index (χ1) is 14.5. The van der Waals surface area contributed by atoms with E-state index in [-0.39, 0.29) is 37.6 Å². The number of esters is 1. The molecule has 30 heavy (non-hydrogen) atoms. The largest absolute Gasteiger partial charge is 0.464 e. The molecule has 1 N–H and O–H groups in total. The van der Waals surface area contributed by atoms with Crippen molar-refractivity contribution in [3.63, 3.8) is 0 Å². The highest BCUT2D eigenvalue weighted by Gasteiger charge is 2.23. The van der Waals surface area contributed by atoms with Crippen LogP contribution in [0.5, 0.6) is 0 Å². The number of nitrogens with one attached hydrogen (secondary N) is 1. The van der Waals surface area contributed by atoms with Gasteiger partial charge in [0.2, 0.25) is 5.91 Å². The molecule has 156 valence electrons. The van der Waals surface area contributed by atoms with Crippen LogP contribution in [0.3, 0.4) is 0 Å². The first-order valence-corrected chi connectivity index (χ1v) is 9.61. The second kappa shape index (κ2) is 10.3. The third-order valence-corrected chi connectivity index (χ3v) is 4.29. The molecule has 7 nitrogen and oxygen atoms in total. The lowest BCUT2D eigenvalue weighted by atomic mass is 10.1. The van der Waals surface area contributed by atoms with Crippen molar-refractivity contribution < 1.29 is 23.1 Å². The Morgan fingerprint density at radius 1 is 1.17 bits per heavy atom. The monoisotopic (exact) mass is 411 g/mol. The molecule has 1 aromatic carbocycles. The normalized spacial score (nSPS) is 11.7. The molecule has 1 unspecified atom stereocenters. The molecular formula is C22H22FN3O4. The highest BCUT2D eigenvalue weighted by Crippen LogP contribution is 2.21. The number of halogens is 1. The van der Waals surface area contributed by atoms with Crippen LogP contribution >= 0.6 is 0 Å². The molecule has 1 atom stereocenters. The number of ether oxygens (including phenoxy) is 1. The molecule has 2 aromatic heterocycles. The van der Waals surface area contributed by atoms with Gasteiger partial charge in [-0.15, -0.1) is 0 Å². The Hall–Kier alpha value is -3.55. The summed E-state index contributed by atoms with van der Waals surface area (Å²) in [5, 5.41) is 2.70. The Morgan fingerprint density at radius 2 is 1.97 bits per heavy atom. The summed E-state index contributed by atoms with van der Waals surface area (Å²) in [6.45, 7) is 1.93. The number of hydrogen-bond donors (Lipinski definition) is 1. The number of benzene rings is 1. The molecular weight excluding hydrogens is 389 g/mol. The summed E-state index contributed by atoms with van der Waals surface area (Å²) < 4.78 is 23.7. The first-order valence-electron chi connectivity index (χ1n) is 9.61. The van der Waals surface area contributed by atoms with Crippen LogP contribution in [0, 0.1) is 5.82 Å². The van der Waals surface area contributed by atoms with Crippen LogP contribution < -0.4 is 5.32 Å². The van der Waals surface area contributed by atoms with Crippen LogP contribution in [0.2, 0.25) is 0 Å². The van der Waals surface area contributed by atoms with E-state index in [1.165, 1.54) is 18.3 Å². The van der Waals surface area contributed by atoms with Crippen LogP contribution in [-0.4, -0.2) is 34.5 Å². The Labute approximate surface area is 173 Å². The highest BCUT2D eigenvalue weighted by atomic mass is 19.1. The standard InChI is InChI=1S/C22H22FN3O4/c1-2-29-22(28)18(13-17-5-3-4-12-24-17)26-20(27)10-11-21-25-14-19(30-21)15-6-8-16(23)9-7-15/h3-9,12,14,18H,2,10-11,13H2,1H3,(H,26,27). The maximum Gasteiger partial charge on any atom is 0.329 e. The third kappa shape index (κ3) is 5.97. The zero-order chi connectivity index (χ0) is 21.3. The number of aromatic nitrogens is 2. The molecule has 0 radical (unpaired) electrons. The predicted molar refractivity (Wildman–Crippen MR) is 107 cm³/mol. The molecule has 0 aliphatic heterocycles. The number of carbonyl (C=O) groups is 2. The highest BCUT2D eigenvalue weighted by molar-refractivity contribution is 5.84. The van der Waals surface area contributed by atoms with Crippen LogP contribution in [0.4, 0.5) is 4.39 Å². The molecule has 8 heteroatoms. The lowest BCUT2D eigenvalue weighted by Gasteiger charge is -2.16. The first kappa shape index (κ1) is 21.2. The van der Waals surface area contributed by atoms with Gasteiger partial charge in [-0.3, -0.25) is 9.78 Å². The Bertz CT molecular complexity index is 974. The van der Waals surface area contributed by atoms with Crippen molar-refractivity contribution >= 4 is 11.9 Å². The molecule has 0 aliphatic carbocycles. The zero-order valence-electron chi connectivity index (χ0n) is 16.5. The van der Waals surface area contributed by atoms with Gasteiger partial charge in [-0.1, -0.05) is 6.07 Å². The number of oxazole rings is 1. The molecule has 3 aromatic rings. The lowest BCUT2D eigenvalue weighted by Crippen LogP contribution is -2.43.